The van der Waals surface area contributed by atoms with E-state index in [2.05, 4.69) is 0 Å². The normalized spacial score (nSPS) is 15.8. The van der Waals surface area contributed by atoms with E-state index in [4.69, 9.17) is 23.2 Å². The number of carbonyl (C=O) groups is 1. The van der Waals surface area contributed by atoms with E-state index in [0.717, 1.165) is 0 Å². The molecule has 2 aromatic rings. The Morgan fingerprint density at radius 1 is 0.962 bits per heavy atom. The summed E-state index contributed by atoms with van der Waals surface area (Å²) in [6.07, 6.45) is 0.168. The van der Waals surface area contributed by atoms with Crippen molar-refractivity contribution in [3.8, 4) is 0 Å². The molecule has 1 saturated heterocycles. The maximum absolute atomic E-state index is 12.6. The first-order valence-corrected chi connectivity index (χ1v) is 10.3. The lowest BCUT2D eigenvalue weighted by molar-refractivity contribution is -0.131. The van der Waals surface area contributed by atoms with Gasteiger partial charge in [0.1, 0.15) is 0 Å². The summed E-state index contributed by atoms with van der Waals surface area (Å²) in [7, 11) is -3.52. The van der Waals surface area contributed by atoms with Crippen LogP contribution in [0.4, 0.5) is 0 Å². The Morgan fingerprint density at radius 2 is 1.62 bits per heavy atom. The summed E-state index contributed by atoms with van der Waals surface area (Å²) >= 11 is 12.0. The van der Waals surface area contributed by atoms with Gasteiger partial charge in [-0.05, 0) is 29.8 Å². The number of amides is 1. The monoisotopic (exact) mass is 412 g/mol. The van der Waals surface area contributed by atoms with Crippen LogP contribution in [0.25, 0.3) is 0 Å². The first-order chi connectivity index (χ1) is 12.4. The number of halogens is 2. The molecule has 2 aromatic carbocycles. The molecule has 0 aromatic heterocycles. The van der Waals surface area contributed by atoms with Crippen LogP contribution in [0, 0.1) is 0 Å². The van der Waals surface area contributed by atoms with Crippen molar-refractivity contribution in [1.82, 2.24) is 9.21 Å². The molecule has 5 nitrogen and oxygen atoms in total. The van der Waals surface area contributed by atoms with Gasteiger partial charge in [0.05, 0.1) is 11.3 Å². The van der Waals surface area contributed by atoms with E-state index in [1.807, 2.05) is 0 Å². The predicted octanol–water partition coefficient (Wildman–Crippen LogP) is 3.07. The number of piperazine rings is 1. The second-order valence-corrected chi connectivity index (χ2v) is 8.79. The van der Waals surface area contributed by atoms with Gasteiger partial charge < -0.3 is 4.90 Å². The third-order valence-corrected chi connectivity index (χ3v) is 6.83. The highest BCUT2D eigenvalue weighted by Gasteiger charge is 2.30. The summed E-state index contributed by atoms with van der Waals surface area (Å²) < 4.78 is 26.7. The number of benzene rings is 2. The molecule has 1 aliphatic heterocycles. The topological polar surface area (TPSA) is 57.7 Å². The molecule has 0 spiro atoms. The van der Waals surface area contributed by atoms with E-state index in [0.29, 0.717) is 28.7 Å². The van der Waals surface area contributed by atoms with Crippen LogP contribution in [-0.2, 0) is 21.2 Å². The fraction of sp³-hybridized carbons (Fsp3) is 0.278. The molecule has 0 saturated carbocycles. The van der Waals surface area contributed by atoms with Crippen molar-refractivity contribution in [2.24, 2.45) is 0 Å². The zero-order valence-electron chi connectivity index (χ0n) is 13.9. The van der Waals surface area contributed by atoms with Crippen LogP contribution in [0.1, 0.15) is 5.56 Å². The Labute approximate surface area is 163 Å². The molecule has 8 heteroatoms. The highest BCUT2D eigenvalue weighted by molar-refractivity contribution is 7.89. The predicted molar refractivity (Wildman–Crippen MR) is 102 cm³/mol. The van der Waals surface area contributed by atoms with Gasteiger partial charge in [-0.25, -0.2) is 8.42 Å². The zero-order valence-corrected chi connectivity index (χ0v) is 16.3. The van der Waals surface area contributed by atoms with Gasteiger partial charge in [0.25, 0.3) is 0 Å². The van der Waals surface area contributed by atoms with Crippen molar-refractivity contribution < 1.29 is 13.2 Å². The summed E-state index contributed by atoms with van der Waals surface area (Å²) in [5.41, 5.74) is 0.709. The number of nitrogens with zero attached hydrogens (tertiary/aromatic N) is 2. The van der Waals surface area contributed by atoms with E-state index in [1.165, 1.54) is 4.31 Å². The molecular formula is C18H18Cl2N2O3S. The lowest BCUT2D eigenvalue weighted by Crippen LogP contribution is -2.50. The number of sulfonamides is 1. The van der Waals surface area contributed by atoms with Crippen LogP contribution in [0.5, 0.6) is 0 Å². The summed E-state index contributed by atoms with van der Waals surface area (Å²) in [6.45, 7) is 1.26. The molecule has 0 unspecified atom stereocenters. The number of hydrogen-bond donors (Lipinski definition) is 0. The number of rotatable bonds is 4. The Morgan fingerprint density at radius 3 is 2.23 bits per heavy atom. The van der Waals surface area contributed by atoms with Gasteiger partial charge in [0, 0.05) is 36.2 Å². The van der Waals surface area contributed by atoms with E-state index in [1.54, 1.807) is 53.4 Å². The van der Waals surface area contributed by atoms with Crippen molar-refractivity contribution in [1.29, 1.82) is 0 Å². The van der Waals surface area contributed by atoms with Gasteiger partial charge in [-0.2, -0.15) is 4.31 Å². The van der Waals surface area contributed by atoms with Crippen molar-refractivity contribution >= 4 is 39.1 Å². The highest BCUT2D eigenvalue weighted by Crippen LogP contribution is 2.22. The van der Waals surface area contributed by atoms with E-state index >= 15 is 0 Å². The lowest BCUT2D eigenvalue weighted by Gasteiger charge is -2.34. The number of carbonyl (C=O) groups excluding carboxylic acids is 1. The third-order valence-electron chi connectivity index (χ3n) is 4.33. The molecule has 138 valence electrons. The van der Waals surface area contributed by atoms with E-state index in [9.17, 15) is 13.2 Å². The second-order valence-electron chi connectivity index (χ2n) is 6.01. The minimum Gasteiger partial charge on any atom is -0.340 e. The van der Waals surface area contributed by atoms with Crippen molar-refractivity contribution in [3.63, 3.8) is 0 Å². The largest absolute Gasteiger partial charge is 0.340 e. The molecule has 0 radical (unpaired) electrons. The van der Waals surface area contributed by atoms with Crippen LogP contribution < -0.4 is 0 Å². The molecule has 0 N–H and O–H groups in total. The van der Waals surface area contributed by atoms with Gasteiger partial charge in [0.15, 0.2) is 0 Å². The second kappa shape index (κ2) is 7.96. The molecule has 0 aliphatic carbocycles. The first kappa shape index (κ1) is 19.2. The summed E-state index contributed by atoms with van der Waals surface area (Å²) in [5.74, 6) is -0.0778. The van der Waals surface area contributed by atoms with Gasteiger partial charge in [-0.3, -0.25) is 4.79 Å². The molecule has 0 bridgehead atoms. The summed E-state index contributed by atoms with van der Waals surface area (Å²) in [5, 5.41) is 0.974. The van der Waals surface area contributed by atoms with Gasteiger partial charge in [-0.15, -0.1) is 0 Å². The molecule has 3 rings (SSSR count). The standard InChI is InChI=1S/C18H18Cl2N2O3S/c19-15-7-6-14(17(20)13-15)12-18(23)21-8-10-22(11-9-21)26(24,25)16-4-2-1-3-5-16/h1-7,13H,8-12H2. The highest BCUT2D eigenvalue weighted by atomic mass is 35.5. The quantitative estimate of drug-likeness (QED) is 0.774. The average Bonchev–Trinajstić information content (AvgIpc) is 2.65. The van der Waals surface area contributed by atoms with Crippen molar-refractivity contribution in [2.45, 2.75) is 11.3 Å². The number of hydrogen-bond acceptors (Lipinski definition) is 3. The van der Waals surface area contributed by atoms with Crippen LogP contribution in [0.2, 0.25) is 10.0 Å². The Kier molecular flexibility index (Phi) is 5.87. The summed E-state index contributed by atoms with van der Waals surface area (Å²) in [6, 6.07) is 13.4. The van der Waals surface area contributed by atoms with Crippen LogP contribution in [0.15, 0.2) is 53.4 Å². The molecule has 1 amide bonds. The average molecular weight is 413 g/mol. The van der Waals surface area contributed by atoms with Gasteiger partial charge in [0.2, 0.25) is 15.9 Å². The van der Waals surface area contributed by atoms with E-state index in [-0.39, 0.29) is 30.3 Å². The summed E-state index contributed by atoms with van der Waals surface area (Å²) in [4.78, 5) is 14.4. The smallest absolute Gasteiger partial charge is 0.243 e. The maximum atomic E-state index is 12.6. The van der Waals surface area contributed by atoms with Crippen molar-refractivity contribution in [2.75, 3.05) is 26.2 Å². The van der Waals surface area contributed by atoms with Crippen molar-refractivity contribution in [3.05, 3.63) is 64.1 Å². The lowest BCUT2D eigenvalue weighted by atomic mass is 10.1. The minimum atomic E-state index is -3.52. The minimum absolute atomic E-state index is 0.0778. The molecule has 26 heavy (non-hydrogen) atoms. The Bertz CT molecular complexity index is 896. The fourth-order valence-electron chi connectivity index (χ4n) is 2.86. The SMILES string of the molecule is O=C(Cc1ccc(Cl)cc1Cl)N1CCN(S(=O)(=O)c2ccccc2)CC1. The van der Waals surface area contributed by atoms with Crippen LogP contribution in [0.3, 0.4) is 0 Å². The fourth-order valence-corrected chi connectivity index (χ4v) is 4.78. The van der Waals surface area contributed by atoms with Gasteiger partial charge in [-0.1, -0.05) is 47.5 Å². The first-order valence-electron chi connectivity index (χ1n) is 8.15. The molecule has 1 aliphatic rings. The molecule has 1 heterocycles. The maximum Gasteiger partial charge on any atom is 0.243 e. The van der Waals surface area contributed by atoms with Crippen LogP contribution in [-0.4, -0.2) is 49.7 Å². The molecule has 0 atom stereocenters. The van der Waals surface area contributed by atoms with E-state index < -0.39 is 10.0 Å². The third kappa shape index (κ3) is 4.20. The molecular weight excluding hydrogens is 395 g/mol. The van der Waals surface area contributed by atoms with Gasteiger partial charge >= 0.3 is 0 Å². The van der Waals surface area contributed by atoms with Crippen LogP contribution >= 0.6 is 23.2 Å². The zero-order chi connectivity index (χ0) is 18.7. The molecule has 1 fully saturated rings. The Balaban J connectivity index is 1.62. The Hall–Kier alpha value is -1.60.